The van der Waals surface area contributed by atoms with E-state index in [-0.39, 0.29) is 11.3 Å². The summed E-state index contributed by atoms with van der Waals surface area (Å²) in [6.45, 7) is 9.08. The Kier molecular flexibility index (Phi) is 5.22. The van der Waals surface area contributed by atoms with Crippen LogP contribution in [-0.4, -0.2) is 15.0 Å². The summed E-state index contributed by atoms with van der Waals surface area (Å²) < 4.78 is 4.73. The number of allylic oxidation sites excluding steroid dienone is 2. The fraction of sp³-hybridized carbons (Fsp3) is 0.257. The molecule has 1 aliphatic heterocycles. The van der Waals surface area contributed by atoms with Crippen molar-refractivity contribution in [2.45, 2.75) is 52.4 Å². The molecule has 4 heteroatoms. The minimum atomic E-state index is 0.0800. The van der Waals surface area contributed by atoms with E-state index in [4.69, 9.17) is 4.99 Å². The van der Waals surface area contributed by atoms with Gasteiger partial charge in [-0.25, -0.2) is 4.99 Å². The molecular formula is C35H32N4. The SMILES string of the molecule is CC1CC=C(n2c3ccccc3c3cc(C(C)(C)C)ccc32)N=C1n1c2c(c3cc(C#N)ccc31)C=CCC2. The summed E-state index contributed by atoms with van der Waals surface area (Å²) in [4.78, 5) is 5.43. The van der Waals surface area contributed by atoms with Crippen LogP contribution in [0.4, 0.5) is 0 Å². The van der Waals surface area contributed by atoms with E-state index in [0.717, 1.165) is 41.8 Å². The minimum Gasteiger partial charge on any atom is -0.301 e. The van der Waals surface area contributed by atoms with Gasteiger partial charge in [-0.2, -0.15) is 5.26 Å². The first-order valence-corrected chi connectivity index (χ1v) is 13.9. The molecule has 0 N–H and O–H groups in total. The van der Waals surface area contributed by atoms with Crippen molar-refractivity contribution in [2.24, 2.45) is 10.9 Å². The zero-order valence-electron chi connectivity index (χ0n) is 23.0. The van der Waals surface area contributed by atoms with Gasteiger partial charge in [0.15, 0.2) is 0 Å². The first-order valence-electron chi connectivity index (χ1n) is 13.9. The van der Waals surface area contributed by atoms with Crippen LogP contribution in [0.5, 0.6) is 0 Å². The molecule has 0 saturated heterocycles. The van der Waals surface area contributed by atoms with Gasteiger partial charge in [0.05, 0.1) is 28.2 Å². The van der Waals surface area contributed by atoms with Crippen LogP contribution in [0.1, 0.15) is 62.9 Å². The summed E-state index contributed by atoms with van der Waals surface area (Å²) in [7, 11) is 0. The van der Waals surface area contributed by atoms with Gasteiger partial charge in [0.2, 0.25) is 0 Å². The minimum absolute atomic E-state index is 0.0800. The molecule has 0 bridgehead atoms. The summed E-state index contributed by atoms with van der Waals surface area (Å²) in [5.74, 6) is 2.33. The van der Waals surface area contributed by atoms with Gasteiger partial charge in [0.25, 0.3) is 0 Å². The number of hydrogen-bond acceptors (Lipinski definition) is 2. The Bertz CT molecular complexity index is 1940. The third-order valence-corrected chi connectivity index (χ3v) is 8.39. The van der Waals surface area contributed by atoms with Gasteiger partial charge in [-0.15, -0.1) is 0 Å². The molecule has 2 aromatic heterocycles. The number of para-hydroxylation sites is 1. The Balaban J connectivity index is 1.47. The standard InChI is InChI=1S/C35H32N4/c1-22-13-18-33(38-29-11-7-5-10-26(29)28-20-24(35(2,3)4)15-17-31(28)38)37-34(22)39-30-12-8-6-9-25(30)27-19-23(21-36)14-16-32(27)39/h5-7,9-11,14-20,22H,8,12-13H2,1-4H3. The lowest BCUT2D eigenvalue weighted by Crippen LogP contribution is -2.25. The Morgan fingerprint density at radius 1 is 0.897 bits per heavy atom. The average Bonchev–Trinajstić information content (AvgIpc) is 3.45. The quantitative estimate of drug-likeness (QED) is 0.223. The van der Waals surface area contributed by atoms with E-state index in [2.05, 4.69) is 110 Å². The Morgan fingerprint density at radius 2 is 1.67 bits per heavy atom. The first-order chi connectivity index (χ1) is 18.8. The second kappa shape index (κ2) is 8.58. The highest BCUT2D eigenvalue weighted by atomic mass is 15.2. The lowest BCUT2D eigenvalue weighted by atomic mass is 9.86. The molecule has 39 heavy (non-hydrogen) atoms. The van der Waals surface area contributed by atoms with Crippen molar-refractivity contribution in [3.63, 3.8) is 0 Å². The number of aliphatic imine (C=N–C) groups is 1. The molecule has 3 heterocycles. The van der Waals surface area contributed by atoms with Crippen molar-refractivity contribution in [3.8, 4) is 6.07 Å². The second-order valence-corrected chi connectivity index (χ2v) is 12.0. The van der Waals surface area contributed by atoms with Gasteiger partial charge in [-0.1, -0.05) is 64.1 Å². The predicted octanol–water partition coefficient (Wildman–Crippen LogP) is 8.66. The smallest absolute Gasteiger partial charge is 0.135 e. The highest BCUT2D eigenvalue weighted by molar-refractivity contribution is 6.11. The third-order valence-electron chi connectivity index (χ3n) is 8.39. The summed E-state index contributed by atoms with van der Waals surface area (Å²) in [5, 5.41) is 13.2. The van der Waals surface area contributed by atoms with E-state index >= 15 is 0 Å². The Hall–Kier alpha value is -4.36. The van der Waals surface area contributed by atoms with E-state index < -0.39 is 0 Å². The van der Waals surface area contributed by atoms with Crippen LogP contribution in [0.25, 0.3) is 44.6 Å². The van der Waals surface area contributed by atoms with Gasteiger partial charge < -0.3 is 4.57 Å². The van der Waals surface area contributed by atoms with Crippen LogP contribution < -0.4 is 0 Å². The van der Waals surface area contributed by atoms with Crippen molar-refractivity contribution in [1.82, 2.24) is 9.13 Å². The van der Waals surface area contributed by atoms with Gasteiger partial charge in [0.1, 0.15) is 11.7 Å². The lowest BCUT2D eigenvalue weighted by molar-refractivity contribution is 0.591. The highest BCUT2D eigenvalue weighted by Gasteiger charge is 2.27. The van der Waals surface area contributed by atoms with Gasteiger partial charge in [-0.3, -0.25) is 4.57 Å². The van der Waals surface area contributed by atoms with Crippen molar-refractivity contribution < 1.29 is 0 Å². The van der Waals surface area contributed by atoms with Crippen molar-refractivity contribution >= 4 is 50.4 Å². The molecule has 0 fully saturated rings. The molecule has 4 nitrogen and oxygen atoms in total. The number of benzene rings is 3. The topological polar surface area (TPSA) is 46.0 Å². The fourth-order valence-electron chi connectivity index (χ4n) is 6.31. The number of aromatic nitrogens is 2. The first kappa shape index (κ1) is 23.7. The molecule has 1 unspecified atom stereocenters. The summed E-state index contributed by atoms with van der Waals surface area (Å²) in [5.41, 5.74) is 8.14. The lowest BCUT2D eigenvalue weighted by Gasteiger charge is -2.24. The van der Waals surface area contributed by atoms with Crippen molar-refractivity contribution in [1.29, 1.82) is 5.26 Å². The number of nitrogens with zero attached hydrogens (tertiary/aromatic N) is 4. The maximum atomic E-state index is 9.56. The van der Waals surface area contributed by atoms with Gasteiger partial charge in [-0.05, 0) is 72.7 Å². The van der Waals surface area contributed by atoms with E-state index in [1.807, 2.05) is 12.1 Å². The normalized spacial score (nSPS) is 17.4. The molecule has 5 aromatic rings. The van der Waals surface area contributed by atoms with Crippen LogP contribution in [0.2, 0.25) is 0 Å². The number of fused-ring (bicyclic) bond motifs is 6. The van der Waals surface area contributed by atoms with E-state index in [1.165, 1.54) is 38.6 Å². The highest BCUT2D eigenvalue weighted by Crippen LogP contribution is 2.38. The van der Waals surface area contributed by atoms with E-state index in [9.17, 15) is 5.26 Å². The molecule has 0 saturated carbocycles. The molecule has 192 valence electrons. The molecular weight excluding hydrogens is 476 g/mol. The van der Waals surface area contributed by atoms with E-state index in [0.29, 0.717) is 5.56 Å². The zero-order chi connectivity index (χ0) is 26.9. The van der Waals surface area contributed by atoms with Crippen molar-refractivity contribution in [3.05, 3.63) is 95.2 Å². The molecule has 0 spiro atoms. The molecule has 1 aliphatic carbocycles. The van der Waals surface area contributed by atoms with Crippen molar-refractivity contribution in [2.75, 3.05) is 0 Å². The fourth-order valence-corrected chi connectivity index (χ4v) is 6.31. The van der Waals surface area contributed by atoms with Crippen LogP contribution in [0.3, 0.4) is 0 Å². The zero-order valence-corrected chi connectivity index (χ0v) is 23.0. The molecule has 0 radical (unpaired) electrons. The average molecular weight is 509 g/mol. The Labute approximate surface area is 229 Å². The number of hydrogen-bond donors (Lipinski definition) is 0. The van der Waals surface area contributed by atoms with Crippen LogP contribution in [-0.2, 0) is 11.8 Å². The maximum Gasteiger partial charge on any atom is 0.135 e. The second-order valence-electron chi connectivity index (χ2n) is 12.0. The Morgan fingerprint density at radius 3 is 2.49 bits per heavy atom. The summed E-state index contributed by atoms with van der Waals surface area (Å²) in [6.07, 6.45) is 9.67. The van der Waals surface area contributed by atoms with Crippen LogP contribution in [0, 0.1) is 17.2 Å². The number of nitriles is 1. The monoisotopic (exact) mass is 508 g/mol. The molecule has 7 rings (SSSR count). The van der Waals surface area contributed by atoms with Crippen LogP contribution in [0.15, 0.2) is 77.8 Å². The summed E-state index contributed by atoms with van der Waals surface area (Å²) >= 11 is 0. The third kappa shape index (κ3) is 3.61. The predicted molar refractivity (Wildman–Crippen MR) is 163 cm³/mol. The molecule has 3 aromatic carbocycles. The van der Waals surface area contributed by atoms with Gasteiger partial charge >= 0.3 is 0 Å². The molecule has 1 atom stereocenters. The van der Waals surface area contributed by atoms with Gasteiger partial charge in [0, 0.05) is 33.3 Å². The maximum absolute atomic E-state index is 9.56. The largest absolute Gasteiger partial charge is 0.301 e. The molecule has 2 aliphatic rings. The van der Waals surface area contributed by atoms with Crippen LogP contribution >= 0.6 is 0 Å². The van der Waals surface area contributed by atoms with E-state index in [1.54, 1.807) is 0 Å². The summed E-state index contributed by atoms with van der Waals surface area (Å²) in [6, 6.07) is 24.0. The molecule has 0 amide bonds. The number of rotatable bonds is 1.